The third kappa shape index (κ3) is 4.97. The number of hydrogen-bond donors (Lipinski definition) is 1. The number of rotatable bonds is 7. The summed E-state index contributed by atoms with van der Waals surface area (Å²) in [5, 5.41) is 4.85. The minimum Gasteiger partial charge on any atom is -0.497 e. The molecule has 0 aliphatic carbocycles. The van der Waals surface area contributed by atoms with Gasteiger partial charge in [0.2, 0.25) is 0 Å². The van der Waals surface area contributed by atoms with Gasteiger partial charge in [-0.3, -0.25) is 4.79 Å². The van der Waals surface area contributed by atoms with Crippen molar-refractivity contribution >= 4 is 56.7 Å². The van der Waals surface area contributed by atoms with Crippen molar-refractivity contribution in [3.8, 4) is 11.5 Å². The van der Waals surface area contributed by atoms with Gasteiger partial charge < -0.3 is 9.47 Å². The van der Waals surface area contributed by atoms with Crippen molar-refractivity contribution in [1.29, 1.82) is 0 Å². The fourth-order valence-electron chi connectivity index (χ4n) is 2.36. The normalized spacial score (nSPS) is 12.9. The molecule has 30 heavy (non-hydrogen) atoms. The first-order chi connectivity index (χ1) is 14.2. The van der Waals surface area contributed by atoms with E-state index in [1.165, 1.54) is 41.8 Å². The number of fused-ring (bicyclic) bond motifs is 1. The molecule has 0 saturated carbocycles. The number of benzene rings is 2. The molecular formula is C19H13Cl2F3N2O3S. The van der Waals surface area contributed by atoms with E-state index < -0.39 is 17.6 Å². The van der Waals surface area contributed by atoms with Crippen molar-refractivity contribution in [1.82, 2.24) is 5.43 Å². The fraction of sp³-hybridized carbons (Fsp3) is 0.158. The van der Waals surface area contributed by atoms with Crippen molar-refractivity contribution in [2.24, 2.45) is 5.10 Å². The average molecular weight is 477 g/mol. The Balaban J connectivity index is 1.66. The lowest BCUT2D eigenvalue weighted by molar-refractivity contribution is -0.199. The van der Waals surface area contributed by atoms with Gasteiger partial charge in [0.15, 0.2) is 0 Å². The summed E-state index contributed by atoms with van der Waals surface area (Å²) in [5.41, 5.74) is -0.151. The van der Waals surface area contributed by atoms with Crippen molar-refractivity contribution in [3.63, 3.8) is 0 Å². The molecule has 0 bridgehead atoms. The molecule has 0 fully saturated rings. The zero-order valence-electron chi connectivity index (χ0n) is 15.2. The Bertz CT molecular complexity index is 1090. The molecule has 0 spiro atoms. The van der Waals surface area contributed by atoms with Crippen molar-refractivity contribution < 1.29 is 27.4 Å². The standard InChI is InChI=1S/C19H13Cl2F3N2O3S/c1-28-12-6-7-13-14(8-12)30-16(15(13)20)17(27)26-25-9-10-2-4-11(5-3-10)29-19(23,24)18(21)22/h2-9,18H,1H3,(H,26,27)/b25-9-/t18-/m0/s1. The second kappa shape index (κ2) is 9.11. The van der Waals surface area contributed by atoms with Crippen LogP contribution in [0.15, 0.2) is 47.6 Å². The van der Waals surface area contributed by atoms with Gasteiger partial charge >= 0.3 is 6.11 Å². The van der Waals surface area contributed by atoms with Gasteiger partial charge in [-0.15, -0.1) is 11.3 Å². The molecular weight excluding hydrogens is 464 g/mol. The van der Waals surface area contributed by atoms with E-state index in [9.17, 15) is 18.0 Å². The Hall–Kier alpha value is -2.49. The Morgan fingerprint density at radius 1 is 1.23 bits per heavy atom. The predicted molar refractivity (Wildman–Crippen MR) is 111 cm³/mol. The third-order valence-corrected chi connectivity index (χ3v) is 5.72. The number of hydrazone groups is 1. The first-order valence-corrected chi connectivity index (χ1v) is 9.89. The maximum atomic E-state index is 13.1. The zero-order valence-corrected chi connectivity index (χ0v) is 17.5. The maximum Gasteiger partial charge on any atom is 0.444 e. The third-order valence-electron chi connectivity index (χ3n) is 3.81. The lowest BCUT2D eigenvalue weighted by atomic mass is 10.2. The lowest BCUT2D eigenvalue weighted by Gasteiger charge is -2.17. The second-order valence-corrected chi connectivity index (χ2v) is 7.65. The number of alkyl halides is 4. The highest BCUT2D eigenvalue weighted by Crippen LogP contribution is 2.37. The van der Waals surface area contributed by atoms with Gasteiger partial charge in [0.25, 0.3) is 11.5 Å². The summed E-state index contributed by atoms with van der Waals surface area (Å²) in [5.74, 6) is -0.146. The number of carbonyl (C=O) groups is 1. The van der Waals surface area contributed by atoms with Gasteiger partial charge in [-0.2, -0.15) is 13.9 Å². The van der Waals surface area contributed by atoms with Crippen LogP contribution in [0.1, 0.15) is 15.2 Å². The summed E-state index contributed by atoms with van der Waals surface area (Å²) in [6.45, 7) is 0. The zero-order chi connectivity index (χ0) is 21.9. The Morgan fingerprint density at radius 2 is 1.90 bits per heavy atom. The van der Waals surface area contributed by atoms with Gasteiger partial charge in [-0.25, -0.2) is 9.82 Å². The minimum atomic E-state index is -4.15. The van der Waals surface area contributed by atoms with Crippen LogP contribution in [0.3, 0.4) is 0 Å². The van der Waals surface area contributed by atoms with E-state index in [0.717, 1.165) is 10.1 Å². The van der Waals surface area contributed by atoms with Gasteiger partial charge in [-0.1, -0.05) is 23.2 Å². The molecule has 2 aromatic carbocycles. The van der Waals surface area contributed by atoms with Crippen molar-refractivity contribution in [2.75, 3.05) is 7.11 Å². The van der Waals surface area contributed by atoms with Crippen LogP contribution in [-0.4, -0.2) is 31.0 Å². The molecule has 1 atom stereocenters. The van der Waals surface area contributed by atoms with Crippen LogP contribution < -0.4 is 14.9 Å². The molecule has 3 aromatic rings. The Kier molecular flexibility index (Phi) is 6.74. The molecule has 1 N–H and O–H groups in total. The lowest BCUT2D eigenvalue weighted by Crippen LogP contribution is -2.32. The topological polar surface area (TPSA) is 59.9 Å². The summed E-state index contributed by atoms with van der Waals surface area (Å²) in [6, 6.07) is 10.4. The predicted octanol–water partition coefficient (Wildman–Crippen LogP) is 5.83. The number of amides is 1. The van der Waals surface area contributed by atoms with Crippen LogP contribution >= 0.6 is 34.5 Å². The molecule has 0 radical (unpaired) electrons. The van der Waals surface area contributed by atoms with Gasteiger partial charge in [0.05, 0.1) is 18.3 Å². The summed E-state index contributed by atoms with van der Waals surface area (Å²) in [7, 11) is 1.54. The molecule has 11 heteroatoms. The molecule has 5 nitrogen and oxygen atoms in total. The first-order valence-electron chi connectivity index (χ1n) is 8.25. The molecule has 0 aliphatic rings. The van der Waals surface area contributed by atoms with Crippen LogP contribution in [0.2, 0.25) is 5.02 Å². The molecule has 1 aromatic heterocycles. The van der Waals surface area contributed by atoms with Crippen LogP contribution in [0.4, 0.5) is 13.2 Å². The molecule has 0 saturated heterocycles. The number of carbonyl (C=O) groups excluding carboxylic acids is 1. The fourth-order valence-corrected chi connectivity index (χ4v) is 3.84. The second-order valence-electron chi connectivity index (χ2n) is 5.84. The van der Waals surface area contributed by atoms with E-state index in [0.29, 0.717) is 16.3 Å². The Morgan fingerprint density at radius 3 is 2.53 bits per heavy atom. The molecule has 3 rings (SSSR count). The quantitative estimate of drug-likeness (QED) is 0.265. The van der Waals surface area contributed by atoms with E-state index >= 15 is 0 Å². The van der Waals surface area contributed by atoms with Gasteiger partial charge in [-0.05, 0) is 48.0 Å². The monoisotopic (exact) mass is 476 g/mol. The molecule has 1 amide bonds. The molecule has 0 aliphatic heterocycles. The number of ether oxygens (including phenoxy) is 2. The largest absolute Gasteiger partial charge is 0.497 e. The van der Waals surface area contributed by atoms with Crippen molar-refractivity contribution in [3.05, 3.63) is 57.9 Å². The molecule has 1 heterocycles. The van der Waals surface area contributed by atoms with Gasteiger partial charge in [0, 0.05) is 10.1 Å². The van der Waals surface area contributed by atoms with Crippen LogP contribution in [-0.2, 0) is 0 Å². The average Bonchev–Trinajstić information content (AvgIpc) is 3.04. The number of thiophene rings is 1. The highest BCUT2D eigenvalue weighted by atomic mass is 35.5. The van der Waals surface area contributed by atoms with Crippen LogP contribution in [0.25, 0.3) is 10.1 Å². The van der Waals surface area contributed by atoms with E-state index in [2.05, 4.69) is 15.3 Å². The SMILES string of the molecule is COc1ccc2c(Cl)c(C(=O)N/N=C\c3ccc(OC(F)(F)[C@H](F)Cl)cc3)sc2c1. The highest BCUT2D eigenvalue weighted by molar-refractivity contribution is 7.21. The number of halogens is 5. The van der Waals surface area contributed by atoms with Crippen LogP contribution in [0, 0.1) is 0 Å². The van der Waals surface area contributed by atoms with E-state index in [1.54, 1.807) is 25.3 Å². The minimum absolute atomic E-state index is 0.281. The number of nitrogens with zero attached hydrogens (tertiary/aromatic N) is 1. The number of methoxy groups -OCH3 is 1. The van der Waals surface area contributed by atoms with E-state index in [1.807, 2.05) is 0 Å². The molecule has 158 valence electrons. The van der Waals surface area contributed by atoms with Crippen molar-refractivity contribution in [2.45, 2.75) is 11.7 Å². The molecule has 0 unspecified atom stereocenters. The Labute approximate surface area is 183 Å². The van der Waals surface area contributed by atoms with E-state index in [4.69, 9.17) is 27.9 Å². The summed E-state index contributed by atoms with van der Waals surface area (Å²) < 4.78 is 49.0. The summed E-state index contributed by atoms with van der Waals surface area (Å²) >= 11 is 12.2. The number of nitrogens with one attached hydrogen (secondary N) is 1. The van der Waals surface area contributed by atoms with E-state index in [-0.39, 0.29) is 10.6 Å². The number of hydrogen-bond acceptors (Lipinski definition) is 5. The van der Waals surface area contributed by atoms with Gasteiger partial charge in [0.1, 0.15) is 16.4 Å². The maximum absolute atomic E-state index is 13.1. The summed E-state index contributed by atoms with van der Waals surface area (Å²) in [4.78, 5) is 12.7. The first kappa shape index (κ1) is 22.2. The summed E-state index contributed by atoms with van der Waals surface area (Å²) in [6.07, 6.45) is -2.86. The highest BCUT2D eigenvalue weighted by Gasteiger charge is 2.42. The smallest absolute Gasteiger partial charge is 0.444 e. The van der Waals surface area contributed by atoms with Crippen LogP contribution in [0.5, 0.6) is 11.5 Å².